The van der Waals surface area contributed by atoms with Crippen molar-refractivity contribution < 1.29 is 9.59 Å². The molecule has 122 valence electrons. The Bertz CT molecular complexity index is 746. The second-order valence-electron chi connectivity index (χ2n) is 5.68. The molecule has 1 fully saturated rings. The van der Waals surface area contributed by atoms with Crippen molar-refractivity contribution in [1.29, 1.82) is 0 Å². The first-order chi connectivity index (χ1) is 11.1. The maximum Gasteiger partial charge on any atom is 0.317 e. The van der Waals surface area contributed by atoms with Gasteiger partial charge in [0.1, 0.15) is 0 Å². The zero-order valence-corrected chi connectivity index (χ0v) is 14.1. The van der Waals surface area contributed by atoms with E-state index in [0.717, 1.165) is 27.8 Å². The Morgan fingerprint density at radius 3 is 2.91 bits per heavy atom. The van der Waals surface area contributed by atoms with Crippen molar-refractivity contribution in [2.75, 3.05) is 13.1 Å². The molecule has 7 heteroatoms. The number of carbonyl (C=O) groups excluding carboxylic acids is 2. The lowest BCUT2D eigenvalue weighted by Gasteiger charge is -2.31. The van der Waals surface area contributed by atoms with Gasteiger partial charge in [-0.15, -0.1) is 11.3 Å². The lowest BCUT2D eigenvalue weighted by Crippen LogP contribution is -2.47. The van der Waals surface area contributed by atoms with E-state index in [1.807, 2.05) is 24.3 Å². The number of halogens is 1. The first-order valence-corrected chi connectivity index (χ1v) is 8.73. The molecule has 1 aliphatic rings. The molecule has 0 aliphatic carbocycles. The van der Waals surface area contributed by atoms with Crippen LogP contribution in [-0.2, 0) is 11.3 Å². The van der Waals surface area contributed by atoms with Crippen LogP contribution < -0.4 is 11.1 Å². The topological polar surface area (TPSA) is 75.4 Å². The van der Waals surface area contributed by atoms with E-state index >= 15 is 0 Å². The number of hydrogen-bond acceptors (Lipinski definition) is 3. The molecule has 1 atom stereocenters. The van der Waals surface area contributed by atoms with Gasteiger partial charge in [-0.2, -0.15) is 0 Å². The Morgan fingerprint density at radius 1 is 1.39 bits per heavy atom. The number of amides is 3. The molecule has 1 aliphatic heterocycles. The summed E-state index contributed by atoms with van der Waals surface area (Å²) < 4.78 is 1.11. The average Bonchev–Trinajstić information content (AvgIpc) is 2.89. The number of hydrogen-bond donors (Lipinski definition) is 2. The number of nitrogens with one attached hydrogen (secondary N) is 1. The van der Waals surface area contributed by atoms with Gasteiger partial charge < -0.3 is 16.0 Å². The summed E-state index contributed by atoms with van der Waals surface area (Å²) >= 11 is 7.95. The van der Waals surface area contributed by atoms with E-state index < -0.39 is 0 Å². The van der Waals surface area contributed by atoms with Crippen LogP contribution in [0.3, 0.4) is 0 Å². The van der Waals surface area contributed by atoms with Crippen molar-refractivity contribution in [3.63, 3.8) is 0 Å². The molecule has 1 aromatic heterocycles. The minimum absolute atomic E-state index is 0.176. The number of thiophene rings is 1. The van der Waals surface area contributed by atoms with Crippen LogP contribution in [0, 0.1) is 5.92 Å². The quantitative estimate of drug-likeness (QED) is 0.892. The molecule has 3 rings (SSSR count). The van der Waals surface area contributed by atoms with Gasteiger partial charge in [0.2, 0.25) is 5.91 Å². The number of nitrogens with two attached hydrogens (primary N) is 1. The molecule has 1 aromatic carbocycles. The van der Waals surface area contributed by atoms with Crippen LogP contribution in [0.4, 0.5) is 4.79 Å². The summed E-state index contributed by atoms with van der Waals surface area (Å²) in [6.07, 6.45) is 1.55. The van der Waals surface area contributed by atoms with Gasteiger partial charge in [0.25, 0.3) is 0 Å². The van der Waals surface area contributed by atoms with Gasteiger partial charge in [0.05, 0.1) is 17.5 Å². The van der Waals surface area contributed by atoms with E-state index in [-0.39, 0.29) is 17.9 Å². The van der Waals surface area contributed by atoms with Gasteiger partial charge in [0.15, 0.2) is 0 Å². The van der Waals surface area contributed by atoms with Crippen LogP contribution in [-0.4, -0.2) is 29.9 Å². The first kappa shape index (κ1) is 16.1. The van der Waals surface area contributed by atoms with Gasteiger partial charge in [-0.05, 0) is 18.9 Å². The standard InChI is InChI=1S/C16H18ClN3O2S/c17-14-11-5-1-2-6-12(11)23-13(14)8-19-16(22)20-7-3-4-10(9-20)15(18)21/h1-2,5-6,10H,3-4,7-9H2,(H2,18,21)(H,19,22). The molecule has 3 N–H and O–H groups in total. The number of likely N-dealkylation sites (tertiary alicyclic amines) is 1. The molecule has 0 spiro atoms. The van der Waals surface area contributed by atoms with Gasteiger partial charge in [-0.25, -0.2) is 4.79 Å². The lowest BCUT2D eigenvalue weighted by molar-refractivity contribution is -0.123. The summed E-state index contributed by atoms with van der Waals surface area (Å²) in [6, 6.07) is 7.72. The fourth-order valence-corrected chi connectivity index (χ4v) is 4.28. The highest BCUT2D eigenvalue weighted by molar-refractivity contribution is 7.19. The van der Waals surface area contributed by atoms with Crippen molar-refractivity contribution in [3.8, 4) is 0 Å². The molecule has 2 aromatic rings. The summed E-state index contributed by atoms with van der Waals surface area (Å²) in [5, 5.41) is 4.59. The highest BCUT2D eigenvalue weighted by Gasteiger charge is 2.27. The number of piperidine rings is 1. The normalized spacial score (nSPS) is 18.1. The predicted octanol–water partition coefficient (Wildman–Crippen LogP) is 2.96. The Hall–Kier alpha value is -1.79. The number of urea groups is 1. The fourth-order valence-electron chi connectivity index (χ4n) is 2.84. The van der Waals surface area contributed by atoms with Crippen LogP contribution >= 0.6 is 22.9 Å². The molecular weight excluding hydrogens is 334 g/mol. The maximum atomic E-state index is 12.3. The molecule has 1 saturated heterocycles. The summed E-state index contributed by atoms with van der Waals surface area (Å²) in [7, 11) is 0. The van der Waals surface area contributed by atoms with Crippen LogP contribution in [0.1, 0.15) is 17.7 Å². The minimum Gasteiger partial charge on any atom is -0.369 e. The molecular formula is C16H18ClN3O2S. The maximum absolute atomic E-state index is 12.3. The highest BCUT2D eigenvalue weighted by Crippen LogP contribution is 2.35. The first-order valence-electron chi connectivity index (χ1n) is 7.54. The third-order valence-electron chi connectivity index (χ3n) is 4.11. The Kier molecular flexibility index (Phi) is 4.73. The molecule has 5 nitrogen and oxygen atoms in total. The number of primary amides is 1. The Morgan fingerprint density at radius 2 is 2.17 bits per heavy atom. The van der Waals surface area contributed by atoms with Crippen molar-refractivity contribution in [2.24, 2.45) is 11.7 Å². The summed E-state index contributed by atoms with van der Waals surface area (Å²) in [5.74, 6) is -0.586. The van der Waals surface area contributed by atoms with E-state index in [2.05, 4.69) is 5.32 Å². The second kappa shape index (κ2) is 6.76. The van der Waals surface area contributed by atoms with Crippen molar-refractivity contribution in [3.05, 3.63) is 34.2 Å². The minimum atomic E-state index is -0.338. The number of fused-ring (bicyclic) bond motifs is 1. The third-order valence-corrected chi connectivity index (χ3v) is 5.83. The number of benzene rings is 1. The average molecular weight is 352 g/mol. The van der Waals surface area contributed by atoms with Crippen LogP contribution in [0.5, 0.6) is 0 Å². The second-order valence-corrected chi connectivity index (χ2v) is 7.20. The fraction of sp³-hybridized carbons (Fsp3) is 0.375. The summed E-state index contributed by atoms with van der Waals surface area (Å²) in [4.78, 5) is 26.2. The molecule has 2 heterocycles. The van der Waals surface area contributed by atoms with Gasteiger partial charge >= 0.3 is 6.03 Å². The molecule has 1 unspecified atom stereocenters. The Balaban J connectivity index is 1.64. The van der Waals surface area contributed by atoms with E-state index in [1.165, 1.54) is 0 Å². The molecule has 23 heavy (non-hydrogen) atoms. The summed E-state index contributed by atoms with van der Waals surface area (Å²) in [6.45, 7) is 1.42. The van der Waals surface area contributed by atoms with Crippen LogP contribution in [0.15, 0.2) is 24.3 Å². The van der Waals surface area contributed by atoms with Gasteiger partial charge in [0, 0.05) is 28.1 Å². The van der Waals surface area contributed by atoms with E-state index in [0.29, 0.717) is 24.7 Å². The monoisotopic (exact) mass is 351 g/mol. The Labute approximate surface area is 143 Å². The molecule has 0 bridgehead atoms. The van der Waals surface area contributed by atoms with E-state index in [1.54, 1.807) is 16.2 Å². The van der Waals surface area contributed by atoms with Crippen LogP contribution in [0.25, 0.3) is 10.1 Å². The van der Waals surface area contributed by atoms with Crippen molar-refractivity contribution in [2.45, 2.75) is 19.4 Å². The highest BCUT2D eigenvalue weighted by atomic mass is 35.5. The number of rotatable bonds is 3. The zero-order chi connectivity index (χ0) is 16.4. The summed E-state index contributed by atoms with van der Waals surface area (Å²) in [5.41, 5.74) is 5.34. The zero-order valence-electron chi connectivity index (χ0n) is 12.5. The largest absolute Gasteiger partial charge is 0.369 e. The molecule has 3 amide bonds. The van der Waals surface area contributed by atoms with Crippen molar-refractivity contribution in [1.82, 2.24) is 10.2 Å². The SMILES string of the molecule is NC(=O)C1CCCN(C(=O)NCc2sc3ccccc3c2Cl)C1. The van der Waals surface area contributed by atoms with Gasteiger partial charge in [-0.3, -0.25) is 4.79 Å². The van der Waals surface area contributed by atoms with Gasteiger partial charge in [-0.1, -0.05) is 29.8 Å². The van der Waals surface area contributed by atoms with Crippen LogP contribution in [0.2, 0.25) is 5.02 Å². The molecule has 0 saturated carbocycles. The van der Waals surface area contributed by atoms with Crippen molar-refractivity contribution >= 4 is 45.0 Å². The number of nitrogens with zero attached hydrogens (tertiary/aromatic N) is 1. The predicted molar refractivity (Wildman–Crippen MR) is 92.6 cm³/mol. The molecule has 0 radical (unpaired) electrons. The van der Waals surface area contributed by atoms with E-state index in [9.17, 15) is 9.59 Å². The third kappa shape index (κ3) is 3.43. The van der Waals surface area contributed by atoms with E-state index in [4.69, 9.17) is 17.3 Å². The number of carbonyl (C=O) groups is 2. The lowest BCUT2D eigenvalue weighted by atomic mass is 9.98. The smallest absolute Gasteiger partial charge is 0.317 e.